The molecule has 12 heavy (non-hydrogen) atoms. The monoisotopic (exact) mass is 167 g/mol. The number of aryl methyl sites for hydroxylation is 1. The van der Waals surface area contributed by atoms with Crippen molar-refractivity contribution < 1.29 is 0 Å². The van der Waals surface area contributed by atoms with Gasteiger partial charge in [-0.05, 0) is 13.0 Å². The van der Waals surface area contributed by atoms with Crippen LogP contribution in [0.15, 0.2) is 29.2 Å². The van der Waals surface area contributed by atoms with E-state index in [1.165, 1.54) is 6.42 Å². The van der Waals surface area contributed by atoms with Crippen molar-refractivity contribution in [3.63, 3.8) is 0 Å². The van der Waals surface area contributed by atoms with E-state index in [2.05, 4.69) is 13.8 Å². The first-order valence-electron chi connectivity index (χ1n) is 4.41. The Bertz CT molecular complexity index is 252. The standard InChI is InChI=1S/C7H9NO.C3H8/c1-2-8-6-4-3-5-7(8)9;1-3-2/h3-6H,2H2,1H3;3H2,1-2H3. The average Bonchev–Trinajstić information content (AvgIpc) is 2.07. The molecule has 0 aliphatic rings. The lowest BCUT2D eigenvalue weighted by Crippen LogP contribution is -2.15. The van der Waals surface area contributed by atoms with Gasteiger partial charge in [-0.3, -0.25) is 4.79 Å². The minimum Gasteiger partial charge on any atom is -0.316 e. The first-order chi connectivity index (χ1) is 5.76. The molecule has 0 radical (unpaired) electrons. The molecule has 68 valence electrons. The van der Waals surface area contributed by atoms with Crippen LogP contribution in [0.2, 0.25) is 0 Å². The molecule has 0 fully saturated rings. The Kier molecular flexibility index (Phi) is 6.07. The summed E-state index contributed by atoms with van der Waals surface area (Å²) in [6.07, 6.45) is 3.03. The molecule has 0 aliphatic heterocycles. The Morgan fingerprint density at radius 1 is 1.25 bits per heavy atom. The number of hydrogen-bond donors (Lipinski definition) is 0. The highest BCUT2D eigenvalue weighted by molar-refractivity contribution is 4.92. The van der Waals surface area contributed by atoms with Gasteiger partial charge in [0, 0.05) is 18.8 Å². The molecule has 0 aliphatic carbocycles. The number of nitrogens with zero attached hydrogens (tertiary/aromatic N) is 1. The molecule has 2 nitrogen and oxygen atoms in total. The molecule has 0 bridgehead atoms. The van der Waals surface area contributed by atoms with E-state index in [9.17, 15) is 4.79 Å². The number of aromatic nitrogens is 1. The molecule has 0 atom stereocenters. The molecule has 0 saturated heterocycles. The fourth-order valence-electron chi connectivity index (χ4n) is 0.722. The topological polar surface area (TPSA) is 22.0 Å². The van der Waals surface area contributed by atoms with Crippen molar-refractivity contribution in [1.29, 1.82) is 0 Å². The van der Waals surface area contributed by atoms with Crippen LogP contribution in [0.25, 0.3) is 0 Å². The number of hydrogen-bond acceptors (Lipinski definition) is 1. The predicted octanol–water partition coefficient (Wildman–Crippen LogP) is 2.28. The van der Waals surface area contributed by atoms with Crippen LogP contribution in [0.1, 0.15) is 27.2 Å². The minimum absolute atomic E-state index is 0.0694. The lowest BCUT2D eigenvalue weighted by atomic mass is 10.5. The summed E-state index contributed by atoms with van der Waals surface area (Å²) < 4.78 is 1.65. The van der Waals surface area contributed by atoms with Gasteiger partial charge in [0.15, 0.2) is 0 Å². The van der Waals surface area contributed by atoms with Crippen molar-refractivity contribution >= 4 is 0 Å². The highest BCUT2D eigenvalue weighted by Gasteiger charge is 1.84. The Hall–Kier alpha value is -1.05. The molecular weight excluding hydrogens is 150 g/mol. The van der Waals surface area contributed by atoms with Crippen molar-refractivity contribution in [2.75, 3.05) is 0 Å². The van der Waals surface area contributed by atoms with E-state index in [0.717, 1.165) is 6.54 Å². The summed E-state index contributed by atoms with van der Waals surface area (Å²) in [4.78, 5) is 10.8. The fourth-order valence-corrected chi connectivity index (χ4v) is 0.722. The predicted molar refractivity (Wildman–Crippen MR) is 52.3 cm³/mol. The van der Waals surface area contributed by atoms with Gasteiger partial charge in [0.1, 0.15) is 0 Å². The maximum Gasteiger partial charge on any atom is 0.250 e. The van der Waals surface area contributed by atoms with E-state index in [-0.39, 0.29) is 5.56 Å². The van der Waals surface area contributed by atoms with Crippen LogP contribution in [-0.2, 0) is 6.54 Å². The van der Waals surface area contributed by atoms with Crippen LogP contribution in [0.3, 0.4) is 0 Å². The van der Waals surface area contributed by atoms with Crippen molar-refractivity contribution in [3.8, 4) is 0 Å². The van der Waals surface area contributed by atoms with E-state index in [4.69, 9.17) is 0 Å². The van der Waals surface area contributed by atoms with Crippen LogP contribution in [0.5, 0.6) is 0 Å². The highest BCUT2D eigenvalue weighted by atomic mass is 16.1. The molecule has 0 saturated carbocycles. The number of rotatable bonds is 1. The second-order valence-electron chi connectivity index (χ2n) is 2.53. The highest BCUT2D eigenvalue weighted by Crippen LogP contribution is 1.78. The van der Waals surface area contributed by atoms with Gasteiger partial charge in [0.05, 0.1) is 0 Å². The second kappa shape index (κ2) is 6.65. The van der Waals surface area contributed by atoms with Gasteiger partial charge in [0.2, 0.25) is 5.56 Å². The summed E-state index contributed by atoms with van der Waals surface area (Å²) in [6.45, 7) is 6.95. The number of pyridine rings is 1. The van der Waals surface area contributed by atoms with E-state index in [1.807, 2.05) is 13.0 Å². The third-order valence-electron chi connectivity index (χ3n) is 1.24. The summed E-state index contributed by atoms with van der Waals surface area (Å²) in [5, 5.41) is 0. The maximum atomic E-state index is 10.8. The van der Waals surface area contributed by atoms with E-state index >= 15 is 0 Å². The van der Waals surface area contributed by atoms with Gasteiger partial charge in [0.25, 0.3) is 0 Å². The zero-order valence-electron chi connectivity index (χ0n) is 8.08. The normalized spacial score (nSPS) is 8.58. The van der Waals surface area contributed by atoms with Crippen molar-refractivity contribution in [1.82, 2.24) is 4.57 Å². The summed E-state index contributed by atoms with van der Waals surface area (Å²) in [5.74, 6) is 0. The average molecular weight is 167 g/mol. The van der Waals surface area contributed by atoms with Crippen LogP contribution in [0, 0.1) is 0 Å². The third kappa shape index (κ3) is 3.96. The van der Waals surface area contributed by atoms with Crippen molar-refractivity contribution in [2.45, 2.75) is 33.7 Å². The molecule has 0 N–H and O–H groups in total. The van der Waals surface area contributed by atoms with Gasteiger partial charge in [-0.15, -0.1) is 0 Å². The van der Waals surface area contributed by atoms with Crippen LogP contribution in [-0.4, -0.2) is 4.57 Å². The van der Waals surface area contributed by atoms with Gasteiger partial charge >= 0.3 is 0 Å². The summed E-state index contributed by atoms with van der Waals surface area (Å²) in [5.41, 5.74) is 0.0694. The Morgan fingerprint density at radius 2 is 1.83 bits per heavy atom. The Balaban J connectivity index is 0.000000354. The molecule has 1 heterocycles. The van der Waals surface area contributed by atoms with E-state index in [0.29, 0.717) is 0 Å². The lowest BCUT2D eigenvalue weighted by molar-refractivity contribution is 0.727. The van der Waals surface area contributed by atoms with Gasteiger partial charge in [-0.2, -0.15) is 0 Å². The lowest BCUT2D eigenvalue weighted by Gasteiger charge is -1.96. The first kappa shape index (κ1) is 11.0. The zero-order chi connectivity index (χ0) is 9.40. The summed E-state index contributed by atoms with van der Waals surface area (Å²) >= 11 is 0. The second-order valence-corrected chi connectivity index (χ2v) is 2.53. The van der Waals surface area contributed by atoms with E-state index in [1.54, 1.807) is 22.9 Å². The molecule has 0 amide bonds. The smallest absolute Gasteiger partial charge is 0.250 e. The van der Waals surface area contributed by atoms with Crippen molar-refractivity contribution in [3.05, 3.63) is 34.7 Å². The fraction of sp³-hybridized carbons (Fsp3) is 0.500. The Labute approximate surface area is 73.9 Å². The molecule has 0 spiro atoms. The van der Waals surface area contributed by atoms with Gasteiger partial charge in [-0.25, -0.2) is 0 Å². The molecule has 1 aromatic heterocycles. The van der Waals surface area contributed by atoms with E-state index < -0.39 is 0 Å². The molecule has 0 unspecified atom stereocenters. The SMILES string of the molecule is CCC.CCn1ccccc1=O. The zero-order valence-corrected chi connectivity index (χ0v) is 8.08. The van der Waals surface area contributed by atoms with Gasteiger partial charge < -0.3 is 4.57 Å². The van der Waals surface area contributed by atoms with Crippen molar-refractivity contribution in [2.24, 2.45) is 0 Å². The summed E-state index contributed by atoms with van der Waals surface area (Å²) in [6, 6.07) is 5.16. The van der Waals surface area contributed by atoms with Crippen LogP contribution in [0.4, 0.5) is 0 Å². The first-order valence-corrected chi connectivity index (χ1v) is 4.41. The van der Waals surface area contributed by atoms with Crippen LogP contribution < -0.4 is 5.56 Å². The Morgan fingerprint density at radius 3 is 2.17 bits per heavy atom. The summed E-state index contributed by atoms with van der Waals surface area (Å²) in [7, 11) is 0. The molecular formula is C10H17NO. The van der Waals surface area contributed by atoms with Gasteiger partial charge in [-0.1, -0.05) is 26.3 Å². The largest absolute Gasteiger partial charge is 0.316 e. The quantitative estimate of drug-likeness (QED) is 0.629. The molecule has 0 aromatic carbocycles. The third-order valence-corrected chi connectivity index (χ3v) is 1.24. The molecule has 1 aromatic rings. The maximum absolute atomic E-state index is 10.8. The molecule has 2 heteroatoms. The minimum atomic E-state index is 0.0694. The van der Waals surface area contributed by atoms with Crippen LogP contribution >= 0.6 is 0 Å². The molecule has 1 rings (SSSR count).